The van der Waals surface area contributed by atoms with Gasteiger partial charge in [0.15, 0.2) is 0 Å². The summed E-state index contributed by atoms with van der Waals surface area (Å²) in [6, 6.07) is 4.72. The van der Waals surface area contributed by atoms with Gasteiger partial charge in [-0.05, 0) is 25.8 Å². The maximum Gasteiger partial charge on any atom is 0.130 e. The van der Waals surface area contributed by atoms with E-state index >= 15 is 0 Å². The summed E-state index contributed by atoms with van der Waals surface area (Å²) in [5.41, 5.74) is 2.12. The van der Waals surface area contributed by atoms with Gasteiger partial charge in [0.1, 0.15) is 11.6 Å². The molecule has 0 saturated heterocycles. The summed E-state index contributed by atoms with van der Waals surface area (Å²) >= 11 is 0. The Kier molecular flexibility index (Phi) is 2.35. The lowest BCUT2D eigenvalue weighted by Crippen LogP contribution is -2.05. The molecule has 1 aliphatic rings. The van der Waals surface area contributed by atoms with Crippen LogP contribution in [0.25, 0.3) is 11.3 Å². The SMILES string of the molecule is Cc1nc(NC2CC2)cc(-c2ccn(C)c2)n1. The zero-order chi connectivity index (χ0) is 11.8. The van der Waals surface area contributed by atoms with Crippen LogP contribution in [0.3, 0.4) is 0 Å². The maximum absolute atomic E-state index is 4.48. The highest BCUT2D eigenvalue weighted by molar-refractivity contribution is 5.62. The Morgan fingerprint density at radius 1 is 1.35 bits per heavy atom. The molecular formula is C13H16N4. The Morgan fingerprint density at radius 3 is 2.82 bits per heavy atom. The van der Waals surface area contributed by atoms with Gasteiger partial charge in [0.05, 0.1) is 5.69 Å². The summed E-state index contributed by atoms with van der Waals surface area (Å²) in [6.45, 7) is 1.94. The van der Waals surface area contributed by atoms with Crippen LogP contribution in [0.15, 0.2) is 24.5 Å². The molecule has 1 N–H and O–H groups in total. The monoisotopic (exact) mass is 228 g/mol. The molecule has 4 heteroatoms. The Labute approximate surface area is 101 Å². The average molecular weight is 228 g/mol. The highest BCUT2D eigenvalue weighted by atomic mass is 15.1. The number of anilines is 1. The van der Waals surface area contributed by atoms with Crippen molar-refractivity contribution in [3.8, 4) is 11.3 Å². The quantitative estimate of drug-likeness (QED) is 0.877. The molecule has 0 atom stereocenters. The van der Waals surface area contributed by atoms with Gasteiger partial charge >= 0.3 is 0 Å². The normalized spacial score (nSPS) is 14.9. The van der Waals surface area contributed by atoms with E-state index in [4.69, 9.17) is 0 Å². The molecule has 0 amide bonds. The van der Waals surface area contributed by atoms with E-state index < -0.39 is 0 Å². The van der Waals surface area contributed by atoms with Gasteiger partial charge in [-0.2, -0.15) is 0 Å². The first-order valence-electron chi connectivity index (χ1n) is 5.95. The van der Waals surface area contributed by atoms with E-state index in [0.717, 1.165) is 22.9 Å². The van der Waals surface area contributed by atoms with Gasteiger partial charge in [-0.15, -0.1) is 0 Å². The van der Waals surface area contributed by atoms with Crippen molar-refractivity contribution in [2.24, 2.45) is 7.05 Å². The number of nitrogens with one attached hydrogen (secondary N) is 1. The molecule has 2 heterocycles. The van der Waals surface area contributed by atoms with Crippen LogP contribution in [0.1, 0.15) is 18.7 Å². The van der Waals surface area contributed by atoms with Crippen LogP contribution < -0.4 is 5.32 Å². The van der Waals surface area contributed by atoms with E-state index in [1.165, 1.54) is 12.8 Å². The average Bonchev–Trinajstić information content (AvgIpc) is 2.97. The number of rotatable bonds is 3. The van der Waals surface area contributed by atoms with Crippen molar-refractivity contribution in [2.45, 2.75) is 25.8 Å². The lowest BCUT2D eigenvalue weighted by Gasteiger charge is -2.06. The van der Waals surface area contributed by atoms with Crippen molar-refractivity contribution in [1.82, 2.24) is 14.5 Å². The van der Waals surface area contributed by atoms with Gasteiger partial charge in [-0.25, -0.2) is 9.97 Å². The van der Waals surface area contributed by atoms with E-state index in [0.29, 0.717) is 6.04 Å². The van der Waals surface area contributed by atoms with Gasteiger partial charge in [-0.1, -0.05) is 0 Å². The molecule has 0 unspecified atom stereocenters. The molecule has 0 aromatic carbocycles. The molecule has 0 aliphatic heterocycles. The molecule has 88 valence electrons. The predicted molar refractivity (Wildman–Crippen MR) is 67.8 cm³/mol. The van der Waals surface area contributed by atoms with E-state index in [2.05, 4.69) is 27.5 Å². The molecule has 0 radical (unpaired) electrons. The third kappa shape index (κ3) is 2.30. The Morgan fingerprint density at radius 2 is 2.18 bits per heavy atom. The van der Waals surface area contributed by atoms with Crippen molar-refractivity contribution < 1.29 is 0 Å². The van der Waals surface area contributed by atoms with Gasteiger partial charge in [0.25, 0.3) is 0 Å². The van der Waals surface area contributed by atoms with E-state index in [-0.39, 0.29) is 0 Å². The first-order valence-corrected chi connectivity index (χ1v) is 5.95. The summed E-state index contributed by atoms with van der Waals surface area (Å²) in [5, 5.41) is 3.42. The molecule has 2 aromatic heterocycles. The van der Waals surface area contributed by atoms with Crippen LogP contribution in [0.4, 0.5) is 5.82 Å². The second-order valence-electron chi connectivity index (χ2n) is 4.67. The summed E-state index contributed by atoms with van der Waals surface area (Å²) in [5.74, 6) is 1.76. The standard InChI is InChI=1S/C13H16N4/c1-9-14-12(10-5-6-17(2)8-10)7-13(15-9)16-11-3-4-11/h5-8,11H,3-4H2,1-2H3,(H,14,15,16). The molecular weight excluding hydrogens is 212 g/mol. The molecule has 0 bridgehead atoms. The number of hydrogen-bond acceptors (Lipinski definition) is 3. The minimum absolute atomic E-state index is 0.618. The molecule has 17 heavy (non-hydrogen) atoms. The van der Waals surface area contributed by atoms with Crippen molar-refractivity contribution in [2.75, 3.05) is 5.32 Å². The first-order chi connectivity index (χ1) is 8.20. The third-order valence-corrected chi connectivity index (χ3v) is 2.90. The lowest BCUT2D eigenvalue weighted by atomic mass is 10.2. The van der Waals surface area contributed by atoms with Gasteiger partial charge < -0.3 is 9.88 Å². The molecule has 4 nitrogen and oxygen atoms in total. The maximum atomic E-state index is 4.48. The van der Waals surface area contributed by atoms with Gasteiger partial charge in [0, 0.05) is 37.1 Å². The summed E-state index contributed by atoms with van der Waals surface area (Å²) in [6.07, 6.45) is 6.61. The molecule has 1 saturated carbocycles. The van der Waals surface area contributed by atoms with Crippen molar-refractivity contribution >= 4 is 5.82 Å². The Hall–Kier alpha value is -1.84. The van der Waals surface area contributed by atoms with Crippen molar-refractivity contribution in [1.29, 1.82) is 0 Å². The summed E-state index contributed by atoms with van der Waals surface area (Å²) in [4.78, 5) is 8.90. The zero-order valence-electron chi connectivity index (χ0n) is 10.1. The molecule has 0 spiro atoms. The number of hydrogen-bond donors (Lipinski definition) is 1. The molecule has 1 aliphatic carbocycles. The predicted octanol–water partition coefficient (Wildman–Crippen LogP) is 2.36. The van der Waals surface area contributed by atoms with Crippen LogP contribution in [-0.2, 0) is 7.05 Å². The minimum atomic E-state index is 0.618. The Balaban J connectivity index is 1.95. The highest BCUT2D eigenvalue weighted by Crippen LogP contribution is 2.26. The fourth-order valence-electron chi connectivity index (χ4n) is 1.88. The summed E-state index contributed by atoms with van der Waals surface area (Å²) < 4.78 is 2.03. The second kappa shape index (κ2) is 3.87. The molecule has 1 fully saturated rings. The van der Waals surface area contributed by atoms with Crippen LogP contribution in [0, 0.1) is 6.92 Å². The first kappa shape index (κ1) is 10.3. The largest absolute Gasteiger partial charge is 0.367 e. The fraction of sp³-hybridized carbons (Fsp3) is 0.385. The highest BCUT2D eigenvalue weighted by Gasteiger charge is 2.21. The third-order valence-electron chi connectivity index (χ3n) is 2.90. The van der Waals surface area contributed by atoms with E-state index in [1.807, 2.05) is 30.8 Å². The summed E-state index contributed by atoms with van der Waals surface area (Å²) in [7, 11) is 2.01. The topological polar surface area (TPSA) is 42.7 Å². The number of aromatic nitrogens is 3. The van der Waals surface area contributed by atoms with Crippen LogP contribution in [0.5, 0.6) is 0 Å². The van der Waals surface area contributed by atoms with Crippen molar-refractivity contribution in [3.05, 3.63) is 30.4 Å². The fourth-order valence-corrected chi connectivity index (χ4v) is 1.88. The zero-order valence-corrected chi connectivity index (χ0v) is 10.1. The second-order valence-corrected chi connectivity index (χ2v) is 4.67. The lowest BCUT2D eigenvalue weighted by molar-refractivity contribution is 0.927. The molecule has 3 rings (SSSR count). The van der Waals surface area contributed by atoms with E-state index in [1.54, 1.807) is 0 Å². The van der Waals surface area contributed by atoms with Crippen LogP contribution in [-0.4, -0.2) is 20.6 Å². The minimum Gasteiger partial charge on any atom is -0.367 e. The van der Waals surface area contributed by atoms with Crippen LogP contribution in [0.2, 0.25) is 0 Å². The van der Waals surface area contributed by atoms with E-state index in [9.17, 15) is 0 Å². The Bertz CT molecular complexity index is 540. The van der Waals surface area contributed by atoms with Crippen LogP contribution >= 0.6 is 0 Å². The van der Waals surface area contributed by atoms with Crippen molar-refractivity contribution in [3.63, 3.8) is 0 Å². The van der Waals surface area contributed by atoms with Gasteiger partial charge in [0.2, 0.25) is 0 Å². The number of nitrogens with zero attached hydrogens (tertiary/aromatic N) is 3. The number of aryl methyl sites for hydroxylation is 2. The van der Waals surface area contributed by atoms with Gasteiger partial charge in [-0.3, -0.25) is 0 Å². The smallest absolute Gasteiger partial charge is 0.130 e. The molecule has 2 aromatic rings.